The fourth-order valence-electron chi connectivity index (χ4n) is 1.55. The van der Waals surface area contributed by atoms with Crippen LogP contribution >= 0.6 is 27.5 Å². The summed E-state index contributed by atoms with van der Waals surface area (Å²) in [7, 11) is 0. The van der Waals surface area contributed by atoms with E-state index < -0.39 is 0 Å². The van der Waals surface area contributed by atoms with Crippen molar-refractivity contribution in [2.45, 2.75) is 18.7 Å². The van der Waals surface area contributed by atoms with Gasteiger partial charge < -0.3 is 0 Å². The maximum atomic E-state index is 6.21. The molecule has 15 heavy (non-hydrogen) atoms. The van der Waals surface area contributed by atoms with E-state index in [9.17, 15) is 0 Å². The monoisotopic (exact) mass is 283 g/mol. The average Bonchev–Trinajstić information content (AvgIpc) is 2.28. The molecule has 78 valence electrons. The fraction of sp³-hybridized carbons (Fsp3) is 0.250. The molecule has 0 amide bonds. The lowest BCUT2D eigenvalue weighted by molar-refractivity contribution is 1.06. The Kier molecular flexibility index (Phi) is 3.27. The van der Waals surface area contributed by atoms with Gasteiger partial charge in [-0.25, -0.2) is 0 Å². The molecular formula is C12H11BrClN. The largest absolute Gasteiger partial charge is 0.253 e. The maximum absolute atomic E-state index is 6.21. The van der Waals surface area contributed by atoms with E-state index >= 15 is 0 Å². The molecule has 0 radical (unpaired) electrons. The zero-order chi connectivity index (χ0) is 10.8. The molecule has 0 spiro atoms. The Labute approximate surface area is 103 Å². The summed E-state index contributed by atoms with van der Waals surface area (Å²) in [4.78, 5) is 4.53. The molecular weight excluding hydrogens is 273 g/mol. The number of hydrogen-bond donors (Lipinski definition) is 0. The van der Waals surface area contributed by atoms with Crippen molar-refractivity contribution < 1.29 is 0 Å². The van der Waals surface area contributed by atoms with E-state index in [4.69, 9.17) is 11.6 Å². The summed E-state index contributed by atoms with van der Waals surface area (Å²) in [6.07, 6.45) is 0.913. The third-order valence-corrected chi connectivity index (χ3v) is 3.35. The normalized spacial score (nSPS) is 10.9. The van der Waals surface area contributed by atoms with Gasteiger partial charge in [-0.05, 0) is 30.2 Å². The SMILES string of the molecule is CCc1cc(Cl)c2cc(CBr)ccc2n1. The number of hydrogen-bond acceptors (Lipinski definition) is 1. The molecule has 0 atom stereocenters. The average molecular weight is 285 g/mol. The minimum Gasteiger partial charge on any atom is -0.253 e. The van der Waals surface area contributed by atoms with Crippen LogP contribution in [0.4, 0.5) is 0 Å². The second-order valence-electron chi connectivity index (χ2n) is 3.43. The minimum atomic E-state index is 0.791. The van der Waals surface area contributed by atoms with Crippen molar-refractivity contribution in [3.05, 3.63) is 40.5 Å². The van der Waals surface area contributed by atoms with Crippen LogP contribution in [0.5, 0.6) is 0 Å². The summed E-state index contributed by atoms with van der Waals surface area (Å²) < 4.78 is 0. The molecule has 0 saturated heterocycles. The Morgan fingerprint density at radius 1 is 1.33 bits per heavy atom. The third kappa shape index (κ3) is 2.16. The molecule has 0 aliphatic rings. The van der Waals surface area contributed by atoms with Gasteiger partial charge in [-0.2, -0.15) is 0 Å². The maximum Gasteiger partial charge on any atom is 0.0720 e. The first-order chi connectivity index (χ1) is 7.24. The zero-order valence-corrected chi connectivity index (χ0v) is 10.8. The molecule has 1 aromatic heterocycles. The number of nitrogens with zero attached hydrogens (tertiary/aromatic N) is 1. The van der Waals surface area contributed by atoms with Crippen LogP contribution in [0.1, 0.15) is 18.2 Å². The molecule has 0 saturated carbocycles. The topological polar surface area (TPSA) is 12.9 Å². The van der Waals surface area contributed by atoms with E-state index in [-0.39, 0.29) is 0 Å². The van der Waals surface area contributed by atoms with Crippen molar-refractivity contribution >= 4 is 38.4 Å². The Hall–Kier alpha value is -0.600. The lowest BCUT2D eigenvalue weighted by Crippen LogP contribution is -1.89. The van der Waals surface area contributed by atoms with Gasteiger partial charge in [0.05, 0.1) is 10.5 Å². The predicted octanol–water partition coefficient (Wildman–Crippen LogP) is 4.35. The van der Waals surface area contributed by atoms with Gasteiger partial charge >= 0.3 is 0 Å². The van der Waals surface area contributed by atoms with Crippen LogP contribution in [0.25, 0.3) is 10.9 Å². The number of aromatic nitrogens is 1. The van der Waals surface area contributed by atoms with Crippen molar-refractivity contribution in [3.63, 3.8) is 0 Å². The molecule has 1 heterocycles. The fourth-order valence-corrected chi connectivity index (χ4v) is 2.17. The van der Waals surface area contributed by atoms with E-state index in [0.717, 1.165) is 33.4 Å². The quantitative estimate of drug-likeness (QED) is 0.747. The Bertz CT molecular complexity index is 496. The predicted molar refractivity (Wildman–Crippen MR) is 68.8 cm³/mol. The molecule has 0 aliphatic carbocycles. The first kappa shape index (κ1) is 10.9. The van der Waals surface area contributed by atoms with Crippen LogP contribution in [0.15, 0.2) is 24.3 Å². The molecule has 0 N–H and O–H groups in total. The number of halogens is 2. The molecule has 0 bridgehead atoms. The van der Waals surface area contributed by atoms with Gasteiger partial charge in [0.1, 0.15) is 0 Å². The number of rotatable bonds is 2. The second kappa shape index (κ2) is 4.50. The van der Waals surface area contributed by atoms with Crippen molar-refractivity contribution in [1.82, 2.24) is 4.98 Å². The van der Waals surface area contributed by atoms with Gasteiger partial charge in [0.15, 0.2) is 0 Å². The summed E-state index contributed by atoms with van der Waals surface area (Å²) in [6, 6.07) is 8.12. The molecule has 2 rings (SSSR count). The molecule has 1 aromatic carbocycles. The van der Waals surface area contributed by atoms with E-state index in [2.05, 4.69) is 40.0 Å². The molecule has 2 aromatic rings. The third-order valence-electron chi connectivity index (χ3n) is 2.39. The molecule has 0 aliphatic heterocycles. The molecule has 0 unspecified atom stereocenters. The van der Waals surface area contributed by atoms with Crippen molar-refractivity contribution in [1.29, 1.82) is 0 Å². The van der Waals surface area contributed by atoms with Crippen LogP contribution < -0.4 is 0 Å². The Morgan fingerprint density at radius 2 is 2.13 bits per heavy atom. The molecule has 3 heteroatoms. The van der Waals surface area contributed by atoms with E-state index in [1.165, 1.54) is 5.56 Å². The van der Waals surface area contributed by atoms with Crippen LogP contribution in [-0.2, 0) is 11.8 Å². The van der Waals surface area contributed by atoms with Gasteiger partial charge in [0.25, 0.3) is 0 Å². The standard InChI is InChI=1S/C12H11BrClN/c1-2-9-6-11(14)10-5-8(7-13)3-4-12(10)15-9/h3-6H,2,7H2,1H3. The summed E-state index contributed by atoms with van der Waals surface area (Å²) >= 11 is 9.65. The first-order valence-corrected chi connectivity index (χ1v) is 6.38. The van der Waals surface area contributed by atoms with E-state index in [0.29, 0.717) is 0 Å². The van der Waals surface area contributed by atoms with Crippen LogP contribution in [0, 0.1) is 0 Å². The number of pyridine rings is 1. The summed E-state index contributed by atoms with van der Waals surface area (Å²) in [5.74, 6) is 0. The highest BCUT2D eigenvalue weighted by molar-refractivity contribution is 9.08. The minimum absolute atomic E-state index is 0.791. The first-order valence-electron chi connectivity index (χ1n) is 4.88. The van der Waals surface area contributed by atoms with E-state index in [1.807, 2.05) is 12.1 Å². The van der Waals surface area contributed by atoms with Gasteiger partial charge in [0, 0.05) is 16.4 Å². The lowest BCUT2D eigenvalue weighted by Gasteiger charge is -2.05. The van der Waals surface area contributed by atoms with Crippen LogP contribution in [0.2, 0.25) is 5.02 Å². The number of aryl methyl sites for hydroxylation is 1. The van der Waals surface area contributed by atoms with Crippen molar-refractivity contribution in [2.75, 3.05) is 0 Å². The van der Waals surface area contributed by atoms with Crippen LogP contribution in [-0.4, -0.2) is 4.98 Å². The highest BCUT2D eigenvalue weighted by Crippen LogP contribution is 2.25. The number of alkyl halides is 1. The summed E-state index contributed by atoms with van der Waals surface area (Å²) in [6.45, 7) is 2.08. The van der Waals surface area contributed by atoms with E-state index in [1.54, 1.807) is 0 Å². The van der Waals surface area contributed by atoms with Crippen molar-refractivity contribution in [2.24, 2.45) is 0 Å². The van der Waals surface area contributed by atoms with Gasteiger partial charge in [-0.15, -0.1) is 0 Å². The Balaban J connectivity index is 2.68. The summed E-state index contributed by atoms with van der Waals surface area (Å²) in [5.41, 5.74) is 3.23. The summed E-state index contributed by atoms with van der Waals surface area (Å²) in [5, 5.41) is 2.67. The number of fused-ring (bicyclic) bond motifs is 1. The molecule has 0 fully saturated rings. The zero-order valence-electron chi connectivity index (χ0n) is 8.43. The smallest absolute Gasteiger partial charge is 0.0720 e. The van der Waals surface area contributed by atoms with Gasteiger partial charge in [-0.3, -0.25) is 4.98 Å². The lowest BCUT2D eigenvalue weighted by atomic mass is 10.1. The Morgan fingerprint density at radius 3 is 2.80 bits per heavy atom. The van der Waals surface area contributed by atoms with Crippen molar-refractivity contribution in [3.8, 4) is 0 Å². The number of benzene rings is 1. The second-order valence-corrected chi connectivity index (χ2v) is 4.40. The van der Waals surface area contributed by atoms with Crippen LogP contribution in [0.3, 0.4) is 0 Å². The van der Waals surface area contributed by atoms with Gasteiger partial charge in [-0.1, -0.05) is 40.5 Å². The molecule has 1 nitrogen and oxygen atoms in total. The highest BCUT2D eigenvalue weighted by Gasteiger charge is 2.03. The van der Waals surface area contributed by atoms with Gasteiger partial charge in [0.2, 0.25) is 0 Å². The highest BCUT2D eigenvalue weighted by atomic mass is 79.9.